The van der Waals surface area contributed by atoms with Crippen LogP contribution in [-0.4, -0.2) is 29.9 Å². The van der Waals surface area contributed by atoms with Gasteiger partial charge in [0.2, 0.25) is 0 Å². The van der Waals surface area contributed by atoms with Gasteiger partial charge < -0.3 is 14.6 Å². The van der Waals surface area contributed by atoms with Crippen LogP contribution in [0.1, 0.15) is 25.0 Å². The molecule has 1 aromatic carbocycles. The highest BCUT2D eigenvalue weighted by Crippen LogP contribution is 2.33. The van der Waals surface area contributed by atoms with E-state index in [4.69, 9.17) is 4.74 Å². The van der Waals surface area contributed by atoms with Gasteiger partial charge in [0.05, 0.1) is 19.1 Å². The first-order valence-electron chi connectivity index (χ1n) is 5.98. The van der Waals surface area contributed by atoms with Crippen LogP contribution in [0.2, 0.25) is 0 Å². The van der Waals surface area contributed by atoms with Crippen LogP contribution in [0.5, 0.6) is 5.75 Å². The van der Waals surface area contributed by atoms with Crippen molar-refractivity contribution in [1.82, 2.24) is 0 Å². The SMILES string of the molecule is COC(=O)Cc1ccc2c(c1)CC(C(C)(C)O)O2. The minimum atomic E-state index is -0.873. The van der Waals surface area contributed by atoms with Gasteiger partial charge in [-0.3, -0.25) is 4.79 Å². The summed E-state index contributed by atoms with van der Waals surface area (Å²) < 4.78 is 10.3. The Bertz CT molecular complexity index is 459. The summed E-state index contributed by atoms with van der Waals surface area (Å²) in [5.41, 5.74) is 1.06. The number of ether oxygens (including phenoxy) is 2. The average Bonchev–Trinajstić information content (AvgIpc) is 2.71. The van der Waals surface area contributed by atoms with Crippen molar-refractivity contribution < 1.29 is 19.4 Å². The molecule has 1 heterocycles. The number of carbonyl (C=O) groups is 1. The van der Waals surface area contributed by atoms with Gasteiger partial charge in [-0.15, -0.1) is 0 Å². The number of esters is 1. The first-order valence-corrected chi connectivity index (χ1v) is 5.98. The highest BCUT2D eigenvalue weighted by Gasteiger charge is 2.34. The summed E-state index contributed by atoms with van der Waals surface area (Å²) in [6, 6.07) is 5.64. The fourth-order valence-corrected chi connectivity index (χ4v) is 2.04. The van der Waals surface area contributed by atoms with E-state index in [0.29, 0.717) is 6.42 Å². The lowest BCUT2D eigenvalue weighted by molar-refractivity contribution is -0.139. The molecule has 1 unspecified atom stereocenters. The molecule has 0 radical (unpaired) electrons. The van der Waals surface area contributed by atoms with Crippen molar-refractivity contribution >= 4 is 5.97 Å². The first kappa shape index (κ1) is 12.9. The predicted molar refractivity (Wildman–Crippen MR) is 66.6 cm³/mol. The van der Waals surface area contributed by atoms with Crippen LogP contribution >= 0.6 is 0 Å². The summed E-state index contributed by atoms with van der Waals surface area (Å²) in [4.78, 5) is 11.2. The molecule has 18 heavy (non-hydrogen) atoms. The molecule has 0 amide bonds. The van der Waals surface area contributed by atoms with Crippen LogP contribution in [0.3, 0.4) is 0 Å². The van der Waals surface area contributed by atoms with Crippen LogP contribution < -0.4 is 4.74 Å². The van der Waals surface area contributed by atoms with E-state index in [0.717, 1.165) is 16.9 Å². The molecule has 1 atom stereocenters. The normalized spacial score (nSPS) is 18.1. The van der Waals surface area contributed by atoms with E-state index >= 15 is 0 Å². The van der Waals surface area contributed by atoms with E-state index in [1.807, 2.05) is 18.2 Å². The summed E-state index contributed by atoms with van der Waals surface area (Å²) >= 11 is 0. The third-order valence-corrected chi connectivity index (χ3v) is 3.16. The maximum absolute atomic E-state index is 11.2. The number of fused-ring (bicyclic) bond motifs is 1. The van der Waals surface area contributed by atoms with Crippen LogP contribution in [0, 0.1) is 0 Å². The van der Waals surface area contributed by atoms with Crippen molar-refractivity contribution in [3.05, 3.63) is 29.3 Å². The van der Waals surface area contributed by atoms with Gasteiger partial charge >= 0.3 is 5.97 Å². The van der Waals surface area contributed by atoms with Gasteiger partial charge in [0, 0.05) is 6.42 Å². The van der Waals surface area contributed by atoms with E-state index in [-0.39, 0.29) is 18.5 Å². The van der Waals surface area contributed by atoms with Gasteiger partial charge in [-0.25, -0.2) is 0 Å². The summed E-state index contributed by atoms with van der Waals surface area (Å²) in [7, 11) is 1.38. The molecular weight excluding hydrogens is 232 g/mol. The number of benzene rings is 1. The number of rotatable bonds is 3. The molecule has 1 aliphatic heterocycles. The molecule has 1 aliphatic rings. The van der Waals surface area contributed by atoms with Gasteiger partial charge in [-0.2, -0.15) is 0 Å². The zero-order valence-electron chi connectivity index (χ0n) is 10.9. The van der Waals surface area contributed by atoms with Crippen molar-refractivity contribution in [1.29, 1.82) is 0 Å². The largest absolute Gasteiger partial charge is 0.487 e. The van der Waals surface area contributed by atoms with Gasteiger partial charge in [0.25, 0.3) is 0 Å². The minimum absolute atomic E-state index is 0.235. The van der Waals surface area contributed by atoms with E-state index in [1.54, 1.807) is 13.8 Å². The predicted octanol–water partition coefficient (Wildman–Crippen LogP) is 1.48. The summed E-state index contributed by atoms with van der Waals surface area (Å²) in [6.45, 7) is 3.47. The fourth-order valence-electron chi connectivity index (χ4n) is 2.04. The van der Waals surface area contributed by atoms with E-state index in [1.165, 1.54) is 7.11 Å². The summed E-state index contributed by atoms with van der Waals surface area (Å²) in [5.74, 6) is 0.531. The Kier molecular flexibility index (Phi) is 3.30. The Morgan fingerprint density at radius 1 is 1.56 bits per heavy atom. The topological polar surface area (TPSA) is 55.8 Å². The third kappa shape index (κ3) is 2.64. The molecule has 0 bridgehead atoms. The van der Waals surface area contributed by atoms with Crippen molar-refractivity contribution in [3.63, 3.8) is 0 Å². The average molecular weight is 250 g/mol. The zero-order valence-corrected chi connectivity index (χ0v) is 10.9. The molecule has 1 aromatic rings. The molecule has 4 nitrogen and oxygen atoms in total. The number of hydrogen-bond acceptors (Lipinski definition) is 4. The van der Waals surface area contributed by atoms with E-state index in [9.17, 15) is 9.90 Å². The number of hydrogen-bond donors (Lipinski definition) is 1. The smallest absolute Gasteiger partial charge is 0.309 e. The van der Waals surface area contributed by atoms with Gasteiger partial charge in [0.15, 0.2) is 0 Å². The second-order valence-electron chi connectivity index (χ2n) is 5.16. The van der Waals surface area contributed by atoms with Crippen molar-refractivity contribution in [2.45, 2.75) is 38.4 Å². The standard InChI is InChI=1S/C14H18O4/c1-14(2,16)12-8-10-6-9(7-13(15)17-3)4-5-11(10)18-12/h4-6,12,16H,7-8H2,1-3H3. The van der Waals surface area contributed by atoms with E-state index in [2.05, 4.69) is 4.74 Å². The van der Waals surface area contributed by atoms with Crippen molar-refractivity contribution in [2.24, 2.45) is 0 Å². The zero-order chi connectivity index (χ0) is 13.3. The maximum Gasteiger partial charge on any atom is 0.309 e. The number of methoxy groups -OCH3 is 1. The molecule has 0 saturated heterocycles. The minimum Gasteiger partial charge on any atom is -0.487 e. The Hall–Kier alpha value is -1.55. The molecule has 0 aliphatic carbocycles. The van der Waals surface area contributed by atoms with Crippen LogP contribution in [0.4, 0.5) is 0 Å². The first-order chi connectivity index (χ1) is 8.40. The van der Waals surface area contributed by atoms with Gasteiger partial charge in [-0.05, 0) is 31.0 Å². The Morgan fingerprint density at radius 3 is 2.89 bits per heavy atom. The number of aliphatic hydroxyl groups is 1. The lowest BCUT2D eigenvalue weighted by atomic mass is 9.96. The van der Waals surface area contributed by atoms with Crippen LogP contribution in [0.15, 0.2) is 18.2 Å². The fraction of sp³-hybridized carbons (Fsp3) is 0.500. The molecular formula is C14H18O4. The van der Waals surface area contributed by atoms with Crippen molar-refractivity contribution in [3.8, 4) is 5.75 Å². The molecule has 2 rings (SSSR count). The van der Waals surface area contributed by atoms with Gasteiger partial charge in [0.1, 0.15) is 11.9 Å². The molecule has 0 aromatic heterocycles. The number of carbonyl (C=O) groups excluding carboxylic acids is 1. The highest BCUT2D eigenvalue weighted by molar-refractivity contribution is 5.72. The summed E-state index contributed by atoms with van der Waals surface area (Å²) in [6.07, 6.45) is 0.686. The van der Waals surface area contributed by atoms with Crippen molar-refractivity contribution in [2.75, 3.05) is 7.11 Å². The lowest BCUT2D eigenvalue weighted by Crippen LogP contribution is -2.39. The molecule has 4 heteroatoms. The second kappa shape index (κ2) is 4.61. The Labute approximate surface area is 107 Å². The molecule has 0 fully saturated rings. The molecule has 0 saturated carbocycles. The molecule has 0 spiro atoms. The van der Waals surface area contributed by atoms with Crippen LogP contribution in [-0.2, 0) is 22.4 Å². The monoisotopic (exact) mass is 250 g/mol. The molecule has 98 valence electrons. The Morgan fingerprint density at radius 2 is 2.28 bits per heavy atom. The maximum atomic E-state index is 11.2. The second-order valence-corrected chi connectivity index (χ2v) is 5.16. The Balaban J connectivity index is 2.15. The quantitative estimate of drug-likeness (QED) is 0.825. The van der Waals surface area contributed by atoms with Crippen LogP contribution in [0.25, 0.3) is 0 Å². The van der Waals surface area contributed by atoms with E-state index < -0.39 is 5.60 Å². The molecule has 1 N–H and O–H groups in total. The van der Waals surface area contributed by atoms with Gasteiger partial charge in [-0.1, -0.05) is 12.1 Å². The highest BCUT2D eigenvalue weighted by atomic mass is 16.5. The summed E-state index contributed by atoms with van der Waals surface area (Å²) in [5, 5.41) is 9.94. The lowest BCUT2D eigenvalue weighted by Gasteiger charge is -2.24. The third-order valence-electron chi connectivity index (χ3n) is 3.16.